The standard InChI is InChI=1S/C25H21N3O2/c29-23(18-16-20-10-4-1-5-11-20)27-25(26-22-14-8-3-9-15-22)28-24(30)19-17-21-12-6-2-7-13-21/h1-19H,(H2,26,27,28,29,30). The lowest BCUT2D eigenvalue weighted by molar-refractivity contribution is -0.115. The fourth-order valence-corrected chi connectivity index (χ4v) is 2.51. The Hall–Kier alpha value is -4.25. The molecule has 30 heavy (non-hydrogen) atoms. The number of nitrogens with zero attached hydrogens (tertiary/aromatic N) is 1. The highest BCUT2D eigenvalue weighted by Gasteiger charge is 2.07. The lowest BCUT2D eigenvalue weighted by Gasteiger charge is -2.08. The number of para-hydroxylation sites is 1. The van der Waals surface area contributed by atoms with Gasteiger partial charge in [0.1, 0.15) is 0 Å². The van der Waals surface area contributed by atoms with E-state index in [9.17, 15) is 9.59 Å². The third-order valence-electron chi connectivity index (χ3n) is 3.93. The van der Waals surface area contributed by atoms with E-state index in [0.29, 0.717) is 5.69 Å². The summed E-state index contributed by atoms with van der Waals surface area (Å²) < 4.78 is 0. The molecule has 2 N–H and O–H groups in total. The highest BCUT2D eigenvalue weighted by atomic mass is 16.2. The van der Waals surface area contributed by atoms with E-state index in [2.05, 4.69) is 15.6 Å². The van der Waals surface area contributed by atoms with Gasteiger partial charge in [-0.3, -0.25) is 20.2 Å². The molecule has 2 amide bonds. The topological polar surface area (TPSA) is 70.6 Å². The van der Waals surface area contributed by atoms with Crippen LogP contribution in [-0.2, 0) is 9.59 Å². The Bertz CT molecular complexity index is 992. The minimum atomic E-state index is -0.402. The van der Waals surface area contributed by atoms with Crippen LogP contribution < -0.4 is 10.6 Å². The minimum Gasteiger partial charge on any atom is -0.292 e. The number of guanidine groups is 1. The Balaban J connectivity index is 1.71. The Morgan fingerprint density at radius 3 is 1.43 bits per heavy atom. The predicted octanol–water partition coefficient (Wildman–Crippen LogP) is 4.33. The molecule has 3 aromatic carbocycles. The zero-order valence-corrected chi connectivity index (χ0v) is 16.2. The molecular formula is C25H21N3O2. The normalized spacial score (nSPS) is 10.7. The van der Waals surface area contributed by atoms with Crippen LogP contribution >= 0.6 is 0 Å². The van der Waals surface area contributed by atoms with E-state index in [1.54, 1.807) is 24.3 Å². The lowest BCUT2D eigenvalue weighted by atomic mass is 10.2. The quantitative estimate of drug-likeness (QED) is 0.383. The number of hydrogen-bond acceptors (Lipinski definition) is 3. The fraction of sp³-hybridized carbons (Fsp3) is 0. The number of hydrogen-bond donors (Lipinski definition) is 2. The van der Waals surface area contributed by atoms with Gasteiger partial charge in [-0.05, 0) is 35.4 Å². The van der Waals surface area contributed by atoms with Crippen LogP contribution in [0.15, 0.2) is 108 Å². The maximum Gasteiger partial charge on any atom is 0.250 e. The van der Waals surface area contributed by atoms with E-state index in [0.717, 1.165) is 11.1 Å². The van der Waals surface area contributed by atoms with Crippen molar-refractivity contribution in [3.05, 3.63) is 114 Å². The van der Waals surface area contributed by atoms with Gasteiger partial charge in [-0.2, -0.15) is 0 Å². The van der Waals surface area contributed by atoms with Gasteiger partial charge in [0, 0.05) is 12.2 Å². The molecule has 3 aromatic rings. The average molecular weight is 395 g/mol. The van der Waals surface area contributed by atoms with Crippen molar-refractivity contribution in [3.63, 3.8) is 0 Å². The predicted molar refractivity (Wildman–Crippen MR) is 121 cm³/mol. The molecule has 0 aromatic heterocycles. The van der Waals surface area contributed by atoms with Crippen LogP contribution in [0.25, 0.3) is 12.2 Å². The molecule has 0 radical (unpaired) electrons. The summed E-state index contributed by atoms with van der Waals surface area (Å²) in [7, 11) is 0. The van der Waals surface area contributed by atoms with Crippen LogP contribution in [0, 0.1) is 0 Å². The Kier molecular flexibility index (Phi) is 7.46. The van der Waals surface area contributed by atoms with Crippen molar-refractivity contribution >= 4 is 35.6 Å². The van der Waals surface area contributed by atoms with Gasteiger partial charge in [0.15, 0.2) is 0 Å². The molecule has 0 aliphatic carbocycles. The first-order valence-corrected chi connectivity index (χ1v) is 9.41. The van der Waals surface area contributed by atoms with Gasteiger partial charge in [0.25, 0.3) is 11.8 Å². The average Bonchev–Trinajstić information content (AvgIpc) is 2.78. The highest BCUT2D eigenvalue weighted by molar-refractivity contribution is 6.11. The Morgan fingerprint density at radius 2 is 1.00 bits per heavy atom. The number of aliphatic imine (C=N–C) groups is 1. The molecule has 0 bridgehead atoms. The molecule has 3 rings (SSSR count). The van der Waals surface area contributed by atoms with Crippen molar-refractivity contribution in [1.29, 1.82) is 0 Å². The highest BCUT2D eigenvalue weighted by Crippen LogP contribution is 2.09. The minimum absolute atomic E-state index is 0.0478. The number of carbonyl (C=O) groups is 2. The summed E-state index contributed by atoms with van der Waals surface area (Å²) in [4.78, 5) is 29.0. The smallest absolute Gasteiger partial charge is 0.250 e. The van der Waals surface area contributed by atoms with Crippen LogP contribution in [-0.4, -0.2) is 17.8 Å². The van der Waals surface area contributed by atoms with Crippen molar-refractivity contribution < 1.29 is 9.59 Å². The summed E-state index contributed by atoms with van der Waals surface area (Å²) in [6.07, 6.45) is 6.16. The van der Waals surface area contributed by atoms with E-state index in [1.807, 2.05) is 78.9 Å². The molecular weight excluding hydrogens is 374 g/mol. The maximum absolute atomic E-state index is 12.3. The zero-order valence-electron chi connectivity index (χ0n) is 16.2. The van der Waals surface area contributed by atoms with Crippen LogP contribution in [0.2, 0.25) is 0 Å². The number of rotatable bonds is 5. The molecule has 0 unspecified atom stereocenters. The van der Waals surface area contributed by atoms with E-state index in [4.69, 9.17) is 0 Å². The third kappa shape index (κ3) is 7.05. The molecule has 0 saturated heterocycles. The van der Waals surface area contributed by atoms with Gasteiger partial charge in [0.05, 0.1) is 5.69 Å². The van der Waals surface area contributed by atoms with E-state index in [1.165, 1.54) is 12.2 Å². The molecule has 0 atom stereocenters. The molecule has 0 aliphatic rings. The first-order valence-electron chi connectivity index (χ1n) is 9.41. The molecule has 0 aliphatic heterocycles. The second-order valence-electron chi connectivity index (χ2n) is 6.26. The van der Waals surface area contributed by atoms with Gasteiger partial charge < -0.3 is 0 Å². The Labute approximate surface area is 175 Å². The van der Waals surface area contributed by atoms with E-state index < -0.39 is 11.8 Å². The van der Waals surface area contributed by atoms with Crippen LogP contribution in [0.4, 0.5) is 5.69 Å². The van der Waals surface area contributed by atoms with Crippen molar-refractivity contribution in [1.82, 2.24) is 10.6 Å². The SMILES string of the molecule is O=C(C=Cc1ccccc1)NC(=Nc1ccccc1)NC(=O)C=Cc1ccccc1. The summed E-state index contributed by atoms with van der Waals surface area (Å²) in [5, 5.41) is 5.25. The van der Waals surface area contributed by atoms with Gasteiger partial charge in [-0.1, -0.05) is 78.9 Å². The largest absolute Gasteiger partial charge is 0.292 e. The van der Waals surface area contributed by atoms with Gasteiger partial charge in [-0.25, -0.2) is 4.99 Å². The van der Waals surface area contributed by atoms with Crippen molar-refractivity contribution in [3.8, 4) is 0 Å². The summed E-state index contributed by atoms with van der Waals surface area (Å²) in [6.45, 7) is 0. The molecule has 0 spiro atoms. The second-order valence-corrected chi connectivity index (χ2v) is 6.26. The first kappa shape index (κ1) is 20.5. The molecule has 148 valence electrons. The summed E-state index contributed by atoms with van der Waals surface area (Å²) in [6, 6.07) is 28.0. The summed E-state index contributed by atoms with van der Waals surface area (Å²) in [5.41, 5.74) is 2.39. The van der Waals surface area contributed by atoms with Crippen molar-refractivity contribution in [2.24, 2.45) is 4.99 Å². The van der Waals surface area contributed by atoms with Gasteiger partial charge >= 0.3 is 0 Å². The van der Waals surface area contributed by atoms with Crippen LogP contribution in [0.1, 0.15) is 11.1 Å². The van der Waals surface area contributed by atoms with Crippen LogP contribution in [0.3, 0.4) is 0 Å². The monoisotopic (exact) mass is 395 g/mol. The first-order chi connectivity index (χ1) is 14.7. The summed E-state index contributed by atoms with van der Waals surface area (Å²) >= 11 is 0. The fourth-order valence-electron chi connectivity index (χ4n) is 2.51. The van der Waals surface area contributed by atoms with Gasteiger partial charge in [0.2, 0.25) is 5.96 Å². The maximum atomic E-state index is 12.3. The second kappa shape index (κ2) is 10.9. The molecule has 0 saturated carbocycles. The number of benzene rings is 3. The van der Waals surface area contributed by atoms with E-state index >= 15 is 0 Å². The number of amides is 2. The van der Waals surface area contributed by atoms with Gasteiger partial charge in [-0.15, -0.1) is 0 Å². The van der Waals surface area contributed by atoms with Crippen molar-refractivity contribution in [2.45, 2.75) is 0 Å². The lowest BCUT2D eigenvalue weighted by Crippen LogP contribution is -2.42. The van der Waals surface area contributed by atoms with E-state index in [-0.39, 0.29) is 5.96 Å². The number of carbonyl (C=O) groups excluding carboxylic acids is 2. The van der Waals surface area contributed by atoms with Crippen LogP contribution in [0.5, 0.6) is 0 Å². The summed E-state index contributed by atoms with van der Waals surface area (Å²) in [5.74, 6) is -0.756. The molecule has 0 heterocycles. The zero-order chi connectivity index (χ0) is 21.0. The Morgan fingerprint density at radius 1 is 0.600 bits per heavy atom. The molecule has 5 heteroatoms. The molecule has 5 nitrogen and oxygen atoms in total. The molecule has 0 fully saturated rings. The van der Waals surface area contributed by atoms with Crippen molar-refractivity contribution in [2.75, 3.05) is 0 Å². The third-order valence-corrected chi connectivity index (χ3v) is 3.93. The number of nitrogens with one attached hydrogen (secondary N) is 2.